The number of carbonyl (C=O) groups excluding carboxylic acids is 1. The van der Waals surface area contributed by atoms with Crippen LogP contribution in [0.3, 0.4) is 0 Å². The molecule has 3 heterocycles. The molecular weight excluding hydrogens is 442 g/mol. The van der Waals surface area contributed by atoms with Gasteiger partial charge < -0.3 is 25.3 Å². The summed E-state index contributed by atoms with van der Waals surface area (Å²) >= 11 is 0. The monoisotopic (exact) mass is 470 g/mol. The highest BCUT2D eigenvalue weighted by atomic mass is 19.3. The van der Waals surface area contributed by atoms with Gasteiger partial charge in [-0.25, -0.2) is 8.78 Å². The molecule has 3 N–H and O–H groups in total. The number of nitrogens with one attached hydrogen (secondary N) is 3. The molecule has 3 aromatic rings. The molecule has 0 spiro atoms. The van der Waals surface area contributed by atoms with E-state index in [0.717, 1.165) is 35.3 Å². The van der Waals surface area contributed by atoms with Gasteiger partial charge in [-0.2, -0.15) is 9.97 Å². The van der Waals surface area contributed by atoms with E-state index in [2.05, 4.69) is 27.5 Å². The van der Waals surface area contributed by atoms with Gasteiger partial charge in [0.05, 0.1) is 18.2 Å². The number of fused-ring (bicyclic) bond motifs is 1. The number of anilines is 3. The number of aromatic nitrogens is 3. The zero-order valence-corrected chi connectivity index (χ0v) is 19.5. The van der Waals surface area contributed by atoms with Gasteiger partial charge in [0.25, 0.3) is 11.8 Å². The van der Waals surface area contributed by atoms with Crippen LogP contribution in [0.25, 0.3) is 11.0 Å². The number of piperidine rings is 1. The standard InChI is InChI=1S/C24H28F2N6O2/c1-14-13-27-19-18(14)20(31-23(2)6-7-23)30-22(29-19)28-16-5-4-15(12-17(16)34-3)21(33)32-10-8-24(25,26)9-11-32/h4-5,12-13H,6-11H2,1-3H3,(H3,27,28,29,30,31). The first-order valence-corrected chi connectivity index (χ1v) is 11.4. The predicted molar refractivity (Wildman–Crippen MR) is 126 cm³/mol. The Hall–Kier alpha value is -3.43. The van der Waals surface area contributed by atoms with E-state index in [1.54, 1.807) is 18.2 Å². The van der Waals surface area contributed by atoms with E-state index in [1.165, 1.54) is 12.0 Å². The van der Waals surface area contributed by atoms with E-state index >= 15 is 0 Å². The normalized spacial score (nSPS) is 18.6. The van der Waals surface area contributed by atoms with Crippen molar-refractivity contribution in [3.05, 3.63) is 35.5 Å². The van der Waals surface area contributed by atoms with Crippen LogP contribution in [0.2, 0.25) is 0 Å². The lowest BCUT2D eigenvalue weighted by atomic mass is 10.1. The Labute approximate surface area is 196 Å². The summed E-state index contributed by atoms with van der Waals surface area (Å²) in [5, 5.41) is 7.69. The number of hydrogen-bond donors (Lipinski definition) is 3. The van der Waals surface area contributed by atoms with Crippen molar-refractivity contribution < 1.29 is 18.3 Å². The summed E-state index contributed by atoms with van der Waals surface area (Å²) in [5.41, 5.74) is 2.79. The fraction of sp³-hybridized carbons (Fsp3) is 0.458. The Balaban J connectivity index is 1.40. The van der Waals surface area contributed by atoms with Crippen LogP contribution in [0, 0.1) is 6.92 Å². The Morgan fingerprint density at radius 3 is 2.59 bits per heavy atom. The third-order valence-corrected chi connectivity index (χ3v) is 6.63. The van der Waals surface area contributed by atoms with Gasteiger partial charge in [-0.1, -0.05) is 0 Å². The number of benzene rings is 1. The Morgan fingerprint density at radius 1 is 1.18 bits per heavy atom. The van der Waals surface area contributed by atoms with E-state index in [9.17, 15) is 13.6 Å². The van der Waals surface area contributed by atoms with E-state index in [-0.39, 0.29) is 37.4 Å². The number of ether oxygens (including phenoxy) is 1. The fourth-order valence-corrected chi connectivity index (χ4v) is 4.20. The largest absolute Gasteiger partial charge is 0.495 e. The minimum absolute atomic E-state index is 0.0340. The average molecular weight is 471 g/mol. The molecule has 34 heavy (non-hydrogen) atoms. The first kappa shape index (κ1) is 22.4. The third kappa shape index (κ3) is 4.36. The molecule has 1 aromatic carbocycles. The first-order valence-electron chi connectivity index (χ1n) is 11.4. The van der Waals surface area contributed by atoms with Crippen molar-refractivity contribution in [2.75, 3.05) is 30.8 Å². The number of methoxy groups -OCH3 is 1. The minimum Gasteiger partial charge on any atom is -0.495 e. The van der Waals surface area contributed by atoms with E-state index in [4.69, 9.17) is 9.72 Å². The zero-order chi connectivity index (χ0) is 24.1. The summed E-state index contributed by atoms with van der Waals surface area (Å²) < 4.78 is 32.4. The summed E-state index contributed by atoms with van der Waals surface area (Å²) in [6.45, 7) is 4.24. The number of aryl methyl sites for hydroxylation is 1. The van der Waals surface area contributed by atoms with Crippen LogP contribution in [0.4, 0.5) is 26.2 Å². The van der Waals surface area contributed by atoms with Crippen LogP contribution in [0.1, 0.15) is 48.5 Å². The molecule has 2 aliphatic rings. The number of H-pyrrole nitrogens is 1. The number of halogens is 2. The maximum absolute atomic E-state index is 13.5. The average Bonchev–Trinajstić information content (AvgIpc) is 3.41. The lowest BCUT2D eigenvalue weighted by molar-refractivity contribution is -0.0494. The number of rotatable bonds is 6. The number of nitrogens with zero attached hydrogens (tertiary/aromatic N) is 3. The second kappa shape index (κ2) is 8.11. The third-order valence-electron chi connectivity index (χ3n) is 6.63. The number of alkyl halides is 2. The molecule has 10 heteroatoms. The van der Waals surface area contributed by atoms with E-state index in [1.807, 2.05) is 13.1 Å². The van der Waals surface area contributed by atoms with Gasteiger partial charge in [-0.3, -0.25) is 4.79 Å². The quantitative estimate of drug-likeness (QED) is 0.477. The smallest absolute Gasteiger partial charge is 0.253 e. The molecule has 2 aromatic heterocycles. The lowest BCUT2D eigenvalue weighted by Crippen LogP contribution is -2.42. The molecular formula is C24H28F2N6O2. The van der Waals surface area contributed by atoms with Gasteiger partial charge in [-0.15, -0.1) is 0 Å². The Bertz CT molecular complexity index is 1240. The lowest BCUT2D eigenvalue weighted by Gasteiger charge is -2.31. The highest BCUT2D eigenvalue weighted by Gasteiger charge is 2.38. The highest BCUT2D eigenvalue weighted by Crippen LogP contribution is 2.40. The molecule has 1 amide bonds. The Kier molecular flexibility index (Phi) is 5.33. The number of likely N-dealkylation sites (tertiary alicyclic amines) is 1. The highest BCUT2D eigenvalue weighted by molar-refractivity contribution is 5.96. The van der Waals surface area contributed by atoms with Crippen LogP contribution in [-0.2, 0) is 0 Å². The second-order valence-corrected chi connectivity index (χ2v) is 9.46. The van der Waals surface area contributed by atoms with Crippen LogP contribution in [-0.4, -0.2) is 57.4 Å². The number of amides is 1. The second-order valence-electron chi connectivity index (χ2n) is 9.46. The van der Waals surface area contributed by atoms with Crippen molar-refractivity contribution in [1.29, 1.82) is 0 Å². The molecule has 2 fully saturated rings. The van der Waals surface area contributed by atoms with Crippen molar-refractivity contribution in [1.82, 2.24) is 19.9 Å². The predicted octanol–water partition coefficient (Wildman–Crippen LogP) is 4.85. The van der Waals surface area contributed by atoms with Gasteiger partial charge in [0.1, 0.15) is 17.2 Å². The van der Waals surface area contributed by atoms with E-state index < -0.39 is 5.92 Å². The SMILES string of the molecule is COc1cc(C(=O)N2CCC(F)(F)CC2)ccc1Nc1nc(NC2(C)CC2)c2c(C)c[nH]c2n1. The van der Waals surface area contributed by atoms with Crippen LogP contribution in [0.15, 0.2) is 24.4 Å². The summed E-state index contributed by atoms with van der Waals surface area (Å²) in [6.07, 6.45) is 3.44. The fourth-order valence-electron chi connectivity index (χ4n) is 4.20. The van der Waals surface area contributed by atoms with Crippen molar-refractivity contribution in [2.45, 2.75) is 51.0 Å². The first-order chi connectivity index (χ1) is 16.2. The van der Waals surface area contributed by atoms with Gasteiger partial charge >= 0.3 is 0 Å². The molecule has 1 aliphatic carbocycles. The molecule has 8 nitrogen and oxygen atoms in total. The van der Waals surface area contributed by atoms with Crippen LogP contribution < -0.4 is 15.4 Å². The number of aromatic amines is 1. The van der Waals surface area contributed by atoms with Gasteiger partial charge in [0.2, 0.25) is 5.95 Å². The van der Waals surface area contributed by atoms with Crippen molar-refractivity contribution in [3.8, 4) is 5.75 Å². The van der Waals surface area contributed by atoms with Gasteiger partial charge in [0.15, 0.2) is 0 Å². The van der Waals surface area contributed by atoms with Crippen LogP contribution >= 0.6 is 0 Å². The van der Waals surface area contributed by atoms with Crippen molar-refractivity contribution in [2.24, 2.45) is 0 Å². The summed E-state index contributed by atoms with van der Waals surface area (Å²) in [4.78, 5) is 26.8. The maximum Gasteiger partial charge on any atom is 0.253 e. The molecule has 0 unspecified atom stereocenters. The van der Waals surface area contributed by atoms with E-state index in [0.29, 0.717) is 22.9 Å². The molecule has 5 rings (SSSR count). The molecule has 1 saturated carbocycles. The number of hydrogen-bond acceptors (Lipinski definition) is 6. The topological polar surface area (TPSA) is 95.2 Å². The molecule has 0 radical (unpaired) electrons. The molecule has 1 saturated heterocycles. The molecule has 1 aliphatic heterocycles. The summed E-state index contributed by atoms with van der Waals surface area (Å²) in [5.74, 6) is -1.41. The molecule has 180 valence electrons. The number of carbonyl (C=O) groups is 1. The Morgan fingerprint density at radius 2 is 1.91 bits per heavy atom. The van der Waals surface area contributed by atoms with Crippen molar-refractivity contribution in [3.63, 3.8) is 0 Å². The maximum atomic E-state index is 13.5. The minimum atomic E-state index is -2.70. The molecule has 0 atom stereocenters. The van der Waals surface area contributed by atoms with Crippen molar-refractivity contribution >= 4 is 34.4 Å². The zero-order valence-electron chi connectivity index (χ0n) is 19.5. The van der Waals surface area contributed by atoms with Gasteiger partial charge in [0, 0.05) is 43.2 Å². The van der Waals surface area contributed by atoms with Crippen LogP contribution in [0.5, 0.6) is 5.75 Å². The summed E-state index contributed by atoms with van der Waals surface area (Å²) in [7, 11) is 1.51. The molecule has 0 bridgehead atoms. The summed E-state index contributed by atoms with van der Waals surface area (Å²) in [6, 6.07) is 4.98. The van der Waals surface area contributed by atoms with Gasteiger partial charge in [-0.05, 0) is 50.5 Å².